The first-order valence-corrected chi connectivity index (χ1v) is 7.66. The van der Waals surface area contributed by atoms with Crippen LogP contribution < -0.4 is 0 Å². The molecule has 0 bridgehead atoms. The Labute approximate surface area is 122 Å². The van der Waals surface area contributed by atoms with Crippen LogP contribution in [0.5, 0.6) is 0 Å². The maximum atomic E-state index is 14.0. The van der Waals surface area contributed by atoms with Crippen molar-refractivity contribution < 1.29 is 9.50 Å². The average Bonchev–Trinajstić information content (AvgIpc) is 2.94. The first-order valence-electron chi connectivity index (χ1n) is 6.87. The number of hydrogen-bond acceptors (Lipinski definition) is 2. The normalized spacial score (nSPS) is 21.3. The van der Waals surface area contributed by atoms with Crippen LogP contribution in [0.15, 0.2) is 22.7 Å². The SMILES string of the molecule is CCC(C)(C(O)c1cc(Br)ccc1F)N1CCCC1. The molecule has 4 heteroatoms. The fourth-order valence-corrected chi connectivity index (χ4v) is 3.26. The summed E-state index contributed by atoms with van der Waals surface area (Å²) in [7, 11) is 0. The molecule has 1 aliphatic heterocycles. The molecule has 1 heterocycles. The monoisotopic (exact) mass is 329 g/mol. The van der Waals surface area contributed by atoms with Crippen molar-refractivity contribution in [3.63, 3.8) is 0 Å². The van der Waals surface area contributed by atoms with E-state index in [0.29, 0.717) is 5.56 Å². The van der Waals surface area contributed by atoms with Gasteiger partial charge in [-0.15, -0.1) is 0 Å². The van der Waals surface area contributed by atoms with Crippen molar-refractivity contribution in [1.29, 1.82) is 0 Å². The van der Waals surface area contributed by atoms with Crippen LogP contribution in [-0.4, -0.2) is 28.6 Å². The number of aliphatic hydroxyl groups is 1. The fourth-order valence-electron chi connectivity index (χ4n) is 2.88. The smallest absolute Gasteiger partial charge is 0.129 e. The molecule has 1 aromatic carbocycles. The van der Waals surface area contributed by atoms with Gasteiger partial charge in [0.15, 0.2) is 0 Å². The van der Waals surface area contributed by atoms with E-state index < -0.39 is 11.6 Å². The molecule has 0 aromatic heterocycles. The Morgan fingerprint density at radius 1 is 1.42 bits per heavy atom. The average molecular weight is 330 g/mol. The van der Waals surface area contributed by atoms with E-state index in [1.165, 1.54) is 6.07 Å². The second-order valence-electron chi connectivity index (χ2n) is 5.47. The van der Waals surface area contributed by atoms with E-state index in [1.54, 1.807) is 12.1 Å². The van der Waals surface area contributed by atoms with Gasteiger partial charge >= 0.3 is 0 Å². The Bertz CT molecular complexity index is 448. The quantitative estimate of drug-likeness (QED) is 0.905. The van der Waals surface area contributed by atoms with Gasteiger partial charge in [0.1, 0.15) is 5.82 Å². The molecule has 2 nitrogen and oxygen atoms in total. The molecular formula is C15H21BrFNO. The molecule has 0 aliphatic carbocycles. The van der Waals surface area contributed by atoms with Gasteiger partial charge in [-0.3, -0.25) is 4.90 Å². The summed E-state index contributed by atoms with van der Waals surface area (Å²) >= 11 is 3.35. The molecule has 0 amide bonds. The molecule has 2 unspecified atom stereocenters. The van der Waals surface area contributed by atoms with E-state index in [-0.39, 0.29) is 5.82 Å². The minimum atomic E-state index is -0.812. The standard InChI is InChI=1S/C15H21BrFNO/c1-3-15(2,18-8-4-5-9-18)14(19)12-10-11(16)6-7-13(12)17/h6-7,10,14,19H,3-5,8-9H2,1-2H3. The summed E-state index contributed by atoms with van der Waals surface area (Å²) in [5.74, 6) is -0.338. The Kier molecular flexibility index (Phi) is 4.64. The van der Waals surface area contributed by atoms with Gasteiger partial charge in [-0.25, -0.2) is 4.39 Å². The summed E-state index contributed by atoms with van der Waals surface area (Å²) in [6, 6.07) is 4.75. The third-order valence-corrected chi connectivity index (χ3v) is 4.88. The highest BCUT2D eigenvalue weighted by atomic mass is 79.9. The van der Waals surface area contributed by atoms with Crippen molar-refractivity contribution in [2.45, 2.75) is 44.8 Å². The maximum absolute atomic E-state index is 14.0. The third-order valence-electron chi connectivity index (χ3n) is 4.39. The lowest BCUT2D eigenvalue weighted by atomic mass is 9.85. The van der Waals surface area contributed by atoms with Gasteiger partial charge in [0.25, 0.3) is 0 Å². The lowest BCUT2D eigenvalue weighted by Crippen LogP contribution is -2.49. The van der Waals surface area contributed by atoms with Crippen LogP contribution in [0.4, 0.5) is 4.39 Å². The van der Waals surface area contributed by atoms with E-state index in [2.05, 4.69) is 27.8 Å². The summed E-state index contributed by atoms with van der Waals surface area (Å²) in [6.07, 6.45) is 2.29. The summed E-state index contributed by atoms with van der Waals surface area (Å²) in [5, 5.41) is 10.7. The molecule has 0 saturated carbocycles. The predicted molar refractivity (Wildman–Crippen MR) is 78.6 cm³/mol. The molecule has 2 atom stereocenters. The predicted octanol–water partition coefficient (Wildman–Crippen LogP) is 3.89. The highest BCUT2D eigenvalue weighted by Crippen LogP contribution is 2.38. The van der Waals surface area contributed by atoms with Crippen LogP contribution in [0.3, 0.4) is 0 Å². The Morgan fingerprint density at radius 2 is 2.05 bits per heavy atom. The fraction of sp³-hybridized carbons (Fsp3) is 0.600. The molecule has 2 rings (SSSR count). The van der Waals surface area contributed by atoms with Gasteiger partial charge in [-0.2, -0.15) is 0 Å². The van der Waals surface area contributed by atoms with Gasteiger partial charge in [-0.1, -0.05) is 22.9 Å². The molecule has 19 heavy (non-hydrogen) atoms. The number of rotatable bonds is 4. The van der Waals surface area contributed by atoms with Crippen molar-refractivity contribution >= 4 is 15.9 Å². The van der Waals surface area contributed by atoms with Crippen molar-refractivity contribution in [1.82, 2.24) is 4.90 Å². The largest absolute Gasteiger partial charge is 0.386 e. The summed E-state index contributed by atoms with van der Waals surface area (Å²) in [5.41, 5.74) is -0.0244. The van der Waals surface area contributed by atoms with Crippen LogP contribution in [0.25, 0.3) is 0 Å². The third kappa shape index (κ3) is 2.86. The van der Waals surface area contributed by atoms with Crippen LogP contribution in [0.1, 0.15) is 44.8 Å². The maximum Gasteiger partial charge on any atom is 0.129 e. The number of benzene rings is 1. The summed E-state index contributed by atoms with van der Waals surface area (Å²) < 4.78 is 14.8. The van der Waals surface area contributed by atoms with Gasteiger partial charge in [0.05, 0.1) is 6.10 Å². The first kappa shape index (κ1) is 14.9. The zero-order valence-corrected chi connectivity index (χ0v) is 13.1. The summed E-state index contributed by atoms with van der Waals surface area (Å²) in [4.78, 5) is 2.29. The minimum Gasteiger partial charge on any atom is -0.386 e. The molecule has 0 spiro atoms. The van der Waals surface area contributed by atoms with Gasteiger partial charge < -0.3 is 5.11 Å². The van der Waals surface area contributed by atoms with Crippen LogP contribution in [-0.2, 0) is 0 Å². The second kappa shape index (κ2) is 5.90. The Morgan fingerprint density at radius 3 is 2.63 bits per heavy atom. The molecule has 1 N–H and O–H groups in total. The van der Waals surface area contributed by atoms with E-state index in [0.717, 1.165) is 36.8 Å². The van der Waals surface area contributed by atoms with Gasteiger partial charge in [-0.05, 0) is 57.5 Å². The lowest BCUT2D eigenvalue weighted by Gasteiger charge is -2.42. The highest BCUT2D eigenvalue weighted by Gasteiger charge is 2.40. The Balaban J connectivity index is 2.34. The lowest BCUT2D eigenvalue weighted by molar-refractivity contribution is -0.0158. The number of halogens is 2. The van der Waals surface area contributed by atoms with E-state index >= 15 is 0 Å². The second-order valence-corrected chi connectivity index (χ2v) is 6.39. The van der Waals surface area contributed by atoms with E-state index in [1.807, 2.05) is 6.92 Å². The molecule has 1 aromatic rings. The first-order chi connectivity index (χ1) is 8.99. The Hall–Kier alpha value is -0.450. The topological polar surface area (TPSA) is 23.5 Å². The van der Waals surface area contributed by atoms with E-state index in [4.69, 9.17) is 0 Å². The van der Waals surface area contributed by atoms with Crippen molar-refractivity contribution in [3.8, 4) is 0 Å². The molecule has 1 aliphatic rings. The number of nitrogens with zero attached hydrogens (tertiary/aromatic N) is 1. The zero-order chi connectivity index (χ0) is 14.0. The van der Waals surface area contributed by atoms with Crippen LogP contribution in [0, 0.1) is 5.82 Å². The number of hydrogen-bond donors (Lipinski definition) is 1. The number of aliphatic hydroxyl groups excluding tert-OH is 1. The van der Waals surface area contributed by atoms with Gasteiger partial charge in [0.2, 0.25) is 0 Å². The van der Waals surface area contributed by atoms with Crippen LogP contribution in [0.2, 0.25) is 0 Å². The van der Waals surface area contributed by atoms with Gasteiger partial charge in [0, 0.05) is 15.6 Å². The van der Waals surface area contributed by atoms with Crippen molar-refractivity contribution in [2.24, 2.45) is 0 Å². The van der Waals surface area contributed by atoms with Crippen LogP contribution >= 0.6 is 15.9 Å². The van der Waals surface area contributed by atoms with E-state index in [9.17, 15) is 9.50 Å². The summed E-state index contributed by atoms with van der Waals surface area (Å²) in [6.45, 7) is 6.05. The zero-order valence-electron chi connectivity index (χ0n) is 11.5. The van der Waals surface area contributed by atoms with Crippen molar-refractivity contribution in [3.05, 3.63) is 34.1 Å². The molecule has 1 saturated heterocycles. The minimum absolute atomic E-state index is 0.338. The molecule has 0 radical (unpaired) electrons. The highest BCUT2D eigenvalue weighted by molar-refractivity contribution is 9.10. The molecular weight excluding hydrogens is 309 g/mol. The number of likely N-dealkylation sites (tertiary alicyclic amines) is 1. The molecule has 1 fully saturated rings. The van der Waals surface area contributed by atoms with Crippen molar-refractivity contribution in [2.75, 3.05) is 13.1 Å². The molecule has 106 valence electrons.